The maximum Gasteiger partial charge on any atom is 0.456 e. The third-order valence-electron chi connectivity index (χ3n) is 2.63. The van der Waals surface area contributed by atoms with Gasteiger partial charge in [-0.25, -0.2) is 9.52 Å². The lowest BCUT2D eigenvalue weighted by atomic mass is 10.3. The molecule has 8 heteroatoms. The number of aromatic amines is 1. The minimum absolute atomic E-state index is 0.123. The highest BCUT2D eigenvalue weighted by Crippen LogP contribution is 2.12. The SMILES string of the molecule is Nc1[nH]c(=O)nc2c1[n+]([O-])c1ccccc1[n+]2[O-]. The fourth-order valence-electron chi connectivity index (χ4n) is 1.86. The number of rotatable bonds is 0. The Balaban J connectivity index is 2.71. The molecule has 0 aliphatic carbocycles. The number of hydrogen-bond donors (Lipinski definition) is 2. The van der Waals surface area contributed by atoms with Crippen LogP contribution in [0, 0.1) is 10.4 Å². The molecule has 0 atom stereocenters. The summed E-state index contributed by atoms with van der Waals surface area (Å²) < 4.78 is 0.905. The highest BCUT2D eigenvalue weighted by atomic mass is 16.5. The molecule has 0 bridgehead atoms. The summed E-state index contributed by atoms with van der Waals surface area (Å²) in [5.74, 6) is -0.185. The second-order valence-electron chi connectivity index (χ2n) is 3.71. The molecule has 0 aliphatic rings. The highest BCUT2D eigenvalue weighted by Gasteiger charge is 2.24. The van der Waals surface area contributed by atoms with Crippen LogP contribution >= 0.6 is 0 Å². The molecule has 0 aliphatic heterocycles. The quantitative estimate of drug-likeness (QED) is 0.296. The van der Waals surface area contributed by atoms with E-state index in [0.717, 1.165) is 0 Å². The number of nitrogens with zero attached hydrogens (tertiary/aromatic N) is 3. The van der Waals surface area contributed by atoms with E-state index in [-0.39, 0.29) is 28.0 Å². The lowest BCUT2D eigenvalue weighted by Gasteiger charge is -2.09. The normalized spacial score (nSPS) is 11.1. The average Bonchev–Trinajstić information content (AvgIpc) is 2.35. The molecule has 0 unspecified atom stereocenters. The molecule has 3 aromatic rings. The van der Waals surface area contributed by atoms with E-state index < -0.39 is 5.69 Å². The number of anilines is 1. The van der Waals surface area contributed by atoms with Gasteiger partial charge in [-0.1, -0.05) is 12.1 Å². The minimum Gasteiger partial charge on any atom is -0.710 e. The number of benzene rings is 1. The fourth-order valence-corrected chi connectivity index (χ4v) is 1.86. The van der Waals surface area contributed by atoms with Gasteiger partial charge in [0.15, 0.2) is 5.82 Å². The van der Waals surface area contributed by atoms with Gasteiger partial charge < -0.3 is 16.1 Å². The summed E-state index contributed by atoms with van der Waals surface area (Å²) in [6, 6.07) is 6.19. The van der Waals surface area contributed by atoms with Crippen LogP contribution in [-0.2, 0) is 0 Å². The van der Waals surface area contributed by atoms with Crippen LogP contribution in [0.3, 0.4) is 0 Å². The first kappa shape index (κ1) is 10.3. The molecule has 0 saturated carbocycles. The summed E-state index contributed by atoms with van der Waals surface area (Å²) in [7, 11) is 0. The average molecular weight is 245 g/mol. The van der Waals surface area contributed by atoms with E-state index in [4.69, 9.17) is 5.73 Å². The number of para-hydroxylation sites is 2. The molecule has 0 amide bonds. The van der Waals surface area contributed by atoms with E-state index in [1.807, 2.05) is 0 Å². The molecule has 0 fully saturated rings. The van der Waals surface area contributed by atoms with Crippen molar-refractivity contribution in [1.82, 2.24) is 9.97 Å². The number of aromatic nitrogens is 4. The van der Waals surface area contributed by atoms with Crippen molar-refractivity contribution in [2.45, 2.75) is 0 Å². The summed E-state index contributed by atoms with van der Waals surface area (Å²) in [6.07, 6.45) is 0. The van der Waals surface area contributed by atoms with Gasteiger partial charge >= 0.3 is 16.9 Å². The minimum atomic E-state index is -0.778. The molecule has 90 valence electrons. The van der Waals surface area contributed by atoms with Crippen LogP contribution in [0.4, 0.5) is 5.82 Å². The van der Waals surface area contributed by atoms with E-state index in [2.05, 4.69) is 9.97 Å². The Morgan fingerprint density at radius 2 is 1.78 bits per heavy atom. The lowest BCUT2D eigenvalue weighted by Crippen LogP contribution is -2.42. The molecule has 8 nitrogen and oxygen atoms in total. The summed E-state index contributed by atoms with van der Waals surface area (Å²) in [6.45, 7) is 0. The van der Waals surface area contributed by atoms with Gasteiger partial charge in [0.25, 0.3) is 5.52 Å². The molecule has 3 N–H and O–H groups in total. The van der Waals surface area contributed by atoms with E-state index in [0.29, 0.717) is 9.46 Å². The first-order chi connectivity index (χ1) is 8.59. The van der Waals surface area contributed by atoms with Crippen molar-refractivity contribution >= 4 is 28.0 Å². The van der Waals surface area contributed by atoms with Crippen molar-refractivity contribution in [2.24, 2.45) is 0 Å². The van der Waals surface area contributed by atoms with Crippen LogP contribution in [0.15, 0.2) is 29.1 Å². The van der Waals surface area contributed by atoms with Gasteiger partial charge in [-0.3, -0.25) is 4.98 Å². The Hall–Kier alpha value is -2.90. The first-order valence-corrected chi connectivity index (χ1v) is 5.03. The van der Waals surface area contributed by atoms with E-state index in [1.165, 1.54) is 12.1 Å². The monoisotopic (exact) mass is 245 g/mol. The Morgan fingerprint density at radius 3 is 2.44 bits per heavy atom. The van der Waals surface area contributed by atoms with Gasteiger partial charge in [0, 0.05) is 11.1 Å². The van der Waals surface area contributed by atoms with E-state index in [9.17, 15) is 15.2 Å². The van der Waals surface area contributed by atoms with Gasteiger partial charge in [-0.2, -0.15) is 4.73 Å². The summed E-state index contributed by atoms with van der Waals surface area (Å²) in [5.41, 5.74) is 4.60. The number of nitrogens with two attached hydrogens (primary N) is 1. The van der Waals surface area contributed by atoms with Crippen molar-refractivity contribution in [3.63, 3.8) is 0 Å². The smallest absolute Gasteiger partial charge is 0.456 e. The third-order valence-corrected chi connectivity index (χ3v) is 2.63. The van der Waals surface area contributed by atoms with Gasteiger partial charge in [0.05, 0.1) is 0 Å². The third kappa shape index (κ3) is 1.19. The second kappa shape index (κ2) is 3.29. The molecule has 2 heterocycles. The van der Waals surface area contributed by atoms with E-state index >= 15 is 0 Å². The van der Waals surface area contributed by atoms with Crippen LogP contribution in [0.2, 0.25) is 0 Å². The Morgan fingerprint density at radius 1 is 1.17 bits per heavy atom. The molecular formula is C10H7N5O3. The molecule has 3 rings (SSSR count). The Labute approximate surface area is 99.1 Å². The van der Waals surface area contributed by atoms with Crippen molar-refractivity contribution < 1.29 is 9.46 Å². The van der Waals surface area contributed by atoms with Crippen LogP contribution < -0.4 is 20.9 Å². The number of hydrogen-bond acceptors (Lipinski definition) is 5. The topological polar surface area (TPSA) is 126 Å². The number of nitrogen functional groups attached to an aromatic ring is 1. The van der Waals surface area contributed by atoms with Crippen LogP contribution in [0.25, 0.3) is 22.2 Å². The Bertz CT molecular complexity index is 842. The standard InChI is InChI=1S/C10H7N5O3/c11-8-7-9(13-10(16)12-8)15(18)6-4-2-1-3-5(6)14(7)17/h1-4H,(H3,11,12,13,16). The van der Waals surface area contributed by atoms with Crippen molar-refractivity contribution in [2.75, 3.05) is 5.73 Å². The molecule has 0 radical (unpaired) electrons. The summed E-state index contributed by atoms with van der Waals surface area (Å²) >= 11 is 0. The zero-order valence-corrected chi connectivity index (χ0v) is 8.95. The number of fused-ring (bicyclic) bond motifs is 2. The molecular weight excluding hydrogens is 238 g/mol. The van der Waals surface area contributed by atoms with Crippen molar-refractivity contribution in [3.05, 3.63) is 45.2 Å². The molecule has 0 spiro atoms. The number of H-pyrrole nitrogens is 1. The van der Waals surface area contributed by atoms with Gasteiger partial charge in [-0.15, -0.1) is 0 Å². The van der Waals surface area contributed by atoms with Gasteiger partial charge in [0.1, 0.15) is 0 Å². The zero-order valence-electron chi connectivity index (χ0n) is 8.95. The maximum atomic E-state index is 12.1. The van der Waals surface area contributed by atoms with Crippen LogP contribution in [0.5, 0.6) is 0 Å². The van der Waals surface area contributed by atoms with Gasteiger partial charge in [-0.05, 0) is 6.07 Å². The second-order valence-corrected chi connectivity index (χ2v) is 3.71. The first-order valence-electron chi connectivity index (χ1n) is 5.03. The molecule has 18 heavy (non-hydrogen) atoms. The van der Waals surface area contributed by atoms with Gasteiger partial charge in [0.2, 0.25) is 5.52 Å². The van der Waals surface area contributed by atoms with Crippen molar-refractivity contribution in [3.8, 4) is 0 Å². The summed E-state index contributed by atoms with van der Waals surface area (Å²) in [5, 5.41) is 24.1. The molecule has 2 aromatic heterocycles. The fraction of sp³-hybridized carbons (Fsp3) is 0. The number of nitrogens with one attached hydrogen (secondary N) is 1. The maximum absolute atomic E-state index is 12.1. The molecule has 0 saturated heterocycles. The van der Waals surface area contributed by atoms with Crippen LogP contribution in [-0.4, -0.2) is 9.97 Å². The summed E-state index contributed by atoms with van der Waals surface area (Å²) in [4.78, 5) is 16.9. The Kier molecular flexibility index (Phi) is 1.88. The zero-order chi connectivity index (χ0) is 12.9. The van der Waals surface area contributed by atoms with E-state index in [1.54, 1.807) is 12.1 Å². The van der Waals surface area contributed by atoms with Crippen molar-refractivity contribution in [1.29, 1.82) is 0 Å². The van der Waals surface area contributed by atoms with Crippen LogP contribution in [0.1, 0.15) is 0 Å². The highest BCUT2D eigenvalue weighted by molar-refractivity contribution is 5.80. The largest absolute Gasteiger partial charge is 0.710 e. The lowest BCUT2D eigenvalue weighted by molar-refractivity contribution is -0.592. The predicted octanol–water partition coefficient (Wildman–Crippen LogP) is -1.07. The molecule has 1 aromatic carbocycles. The predicted molar refractivity (Wildman–Crippen MR) is 62.2 cm³/mol.